The lowest BCUT2D eigenvalue weighted by molar-refractivity contribution is 0.196. The van der Waals surface area contributed by atoms with Crippen molar-refractivity contribution in [1.82, 2.24) is 0 Å². The summed E-state index contributed by atoms with van der Waals surface area (Å²) in [5.74, 6) is 0.437. The van der Waals surface area contributed by atoms with Gasteiger partial charge in [0.15, 0.2) is 0 Å². The van der Waals surface area contributed by atoms with E-state index in [1.54, 1.807) is 6.92 Å². The van der Waals surface area contributed by atoms with Gasteiger partial charge in [-0.05, 0) is 43.9 Å². The summed E-state index contributed by atoms with van der Waals surface area (Å²) < 4.78 is 0.993. The zero-order chi connectivity index (χ0) is 13.1. The third-order valence-corrected chi connectivity index (χ3v) is 4.15. The molecule has 1 saturated heterocycles. The lowest BCUT2D eigenvalue weighted by Crippen LogP contribution is -2.35. The number of aliphatic hydroxyl groups is 2. The van der Waals surface area contributed by atoms with E-state index < -0.39 is 6.10 Å². The van der Waals surface area contributed by atoms with Crippen LogP contribution in [0.15, 0.2) is 22.7 Å². The van der Waals surface area contributed by atoms with Crippen molar-refractivity contribution in [3.05, 3.63) is 28.2 Å². The maximum atomic E-state index is 9.87. The average molecular weight is 314 g/mol. The molecule has 0 aromatic heterocycles. The van der Waals surface area contributed by atoms with Crippen LogP contribution in [0.4, 0.5) is 5.69 Å². The first-order chi connectivity index (χ1) is 8.61. The van der Waals surface area contributed by atoms with E-state index >= 15 is 0 Å². The lowest BCUT2D eigenvalue weighted by Gasteiger charge is -2.34. The van der Waals surface area contributed by atoms with Gasteiger partial charge in [0.2, 0.25) is 0 Å². The van der Waals surface area contributed by atoms with Crippen molar-refractivity contribution in [3.8, 4) is 0 Å². The third-order valence-electron chi connectivity index (χ3n) is 3.65. The highest BCUT2D eigenvalue weighted by Gasteiger charge is 2.21. The Morgan fingerprint density at radius 1 is 1.39 bits per heavy atom. The van der Waals surface area contributed by atoms with Crippen molar-refractivity contribution in [2.75, 3.05) is 24.6 Å². The van der Waals surface area contributed by atoms with Gasteiger partial charge in [0.1, 0.15) is 0 Å². The van der Waals surface area contributed by atoms with Crippen molar-refractivity contribution in [2.45, 2.75) is 25.9 Å². The summed E-state index contributed by atoms with van der Waals surface area (Å²) >= 11 is 3.45. The van der Waals surface area contributed by atoms with Crippen LogP contribution in [-0.2, 0) is 0 Å². The van der Waals surface area contributed by atoms with Crippen molar-refractivity contribution < 1.29 is 10.2 Å². The van der Waals surface area contributed by atoms with Gasteiger partial charge in [-0.3, -0.25) is 0 Å². The zero-order valence-corrected chi connectivity index (χ0v) is 12.2. The summed E-state index contributed by atoms with van der Waals surface area (Å²) in [6.07, 6.45) is 1.57. The molecule has 1 aliphatic rings. The molecule has 0 saturated carbocycles. The first kappa shape index (κ1) is 13.8. The van der Waals surface area contributed by atoms with Gasteiger partial charge >= 0.3 is 0 Å². The molecule has 0 radical (unpaired) electrons. The van der Waals surface area contributed by atoms with Gasteiger partial charge in [0.05, 0.1) is 6.10 Å². The Labute approximate surface area is 117 Å². The average Bonchev–Trinajstić information content (AvgIpc) is 2.39. The Bertz CT molecular complexity index is 401. The summed E-state index contributed by atoms with van der Waals surface area (Å²) in [7, 11) is 0. The fraction of sp³-hybridized carbons (Fsp3) is 0.571. The first-order valence-electron chi connectivity index (χ1n) is 6.45. The number of hydrogen-bond donors (Lipinski definition) is 2. The molecule has 1 heterocycles. The van der Waals surface area contributed by atoms with Gasteiger partial charge in [-0.15, -0.1) is 0 Å². The molecule has 0 aliphatic carbocycles. The molecule has 4 heteroatoms. The van der Waals surface area contributed by atoms with E-state index in [1.807, 2.05) is 12.1 Å². The molecule has 100 valence electrons. The molecule has 1 aromatic rings. The van der Waals surface area contributed by atoms with E-state index in [9.17, 15) is 5.11 Å². The van der Waals surface area contributed by atoms with Crippen LogP contribution in [0.2, 0.25) is 0 Å². The van der Waals surface area contributed by atoms with E-state index in [0.29, 0.717) is 5.92 Å². The Balaban J connectivity index is 2.18. The van der Waals surface area contributed by atoms with Gasteiger partial charge in [-0.2, -0.15) is 0 Å². The molecule has 1 atom stereocenters. The lowest BCUT2D eigenvalue weighted by atomic mass is 9.96. The van der Waals surface area contributed by atoms with E-state index in [1.165, 1.54) is 0 Å². The second kappa shape index (κ2) is 6.04. The number of anilines is 1. The highest BCUT2D eigenvalue weighted by molar-refractivity contribution is 9.10. The fourth-order valence-corrected chi connectivity index (χ4v) is 2.88. The van der Waals surface area contributed by atoms with E-state index in [-0.39, 0.29) is 6.61 Å². The highest BCUT2D eigenvalue weighted by atomic mass is 79.9. The Morgan fingerprint density at radius 2 is 2.06 bits per heavy atom. The fourth-order valence-electron chi connectivity index (χ4n) is 2.50. The largest absolute Gasteiger partial charge is 0.396 e. The second-order valence-electron chi connectivity index (χ2n) is 4.99. The topological polar surface area (TPSA) is 43.7 Å². The highest BCUT2D eigenvalue weighted by Crippen LogP contribution is 2.32. The van der Waals surface area contributed by atoms with Gasteiger partial charge in [-0.1, -0.05) is 15.9 Å². The third kappa shape index (κ3) is 3.05. The van der Waals surface area contributed by atoms with Crippen LogP contribution in [-0.4, -0.2) is 29.9 Å². The Kier molecular flexibility index (Phi) is 4.65. The number of halogens is 1. The molecule has 2 N–H and O–H groups in total. The van der Waals surface area contributed by atoms with Crippen LogP contribution >= 0.6 is 15.9 Å². The van der Waals surface area contributed by atoms with Crippen LogP contribution in [0.1, 0.15) is 31.4 Å². The van der Waals surface area contributed by atoms with Crippen molar-refractivity contribution in [3.63, 3.8) is 0 Å². The predicted molar refractivity (Wildman–Crippen MR) is 76.8 cm³/mol. The quantitative estimate of drug-likeness (QED) is 0.901. The number of piperidine rings is 1. The minimum atomic E-state index is -0.465. The Hall–Kier alpha value is -0.580. The van der Waals surface area contributed by atoms with E-state index in [0.717, 1.165) is 41.7 Å². The molecule has 2 rings (SSSR count). The Morgan fingerprint density at radius 3 is 2.61 bits per heavy atom. The molecule has 0 bridgehead atoms. The van der Waals surface area contributed by atoms with Crippen LogP contribution in [0.5, 0.6) is 0 Å². The smallest absolute Gasteiger partial charge is 0.0782 e. The summed E-state index contributed by atoms with van der Waals surface area (Å²) in [5, 5.41) is 19.0. The molecule has 1 aliphatic heterocycles. The van der Waals surface area contributed by atoms with Crippen molar-refractivity contribution >= 4 is 21.6 Å². The number of rotatable bonds is 3. The van der Waals surface area contributed by atoms with Crippen LogP contribution in [0.25, 0.3) is 0 Å². The minimum Gasteiger partial charge on any atom is -0.396 e. The standard InChI is InChI=1S/C14H20BrNO2/c1-10(18)13-8-12(15)2-3-14(13)16-6-4-11(9-17)5-7-16/h2-3,8,10-11,17-18H,4-7,9H2,1H3. The summed E-state index contributed by atoms with van der Waals surface area (Å²) in [5.41, 5.74) is 2.08. The van der Waals surface area contributed by atoms with E-state index in [2.05, 4.69) is 26.9 Å². The monoisotopic (exact) mass is 313 g/mol. The SMILES string of the molecule is CC(O)c1cc(Br)ccc1N1CCC(CO)CC1. The summed E-state index contributed by atoms with van der Waals surface area (Å²) in [4.78, 5) is 2.31. The number of benzene rings is 1. The van der Waals surface area contributed by atoms with Crippen molar-refractivity contribution in [2.24, 2.45) is 5.92 Å². The van der Waals surface area contributed by atoms with Gasteiger partial charge in [-0.25, -0.2) is 0 Å². The summed E-state index contributed by atoms with van der Waals surface area (Å²) in [6.45, 7) is 3.99. The molecular formula is C14H20BrNO2. The predicted octanol–water partition coefficient (Wildman–Crippen LogP) is 2.71. The second-order valence-corrected chi connectivity index (χ2v) is 5.91. The molecule has 1 fully saturated rings. The maximum Gasteiger partial charge on any atom is 0.0782 e. The van der Waals surface area contributed by atoms with Crippen LogP contribution in [0, 0.1) is 5.92 Å². The maximum absolute atomic E-state index is 9.87. The molecule has 1 aromatic carbocycles. The molecule has 18 heavy (non-hydrogen) atoms. The van der Waals surface area contributed by atoms with Gasteiger partial charge in [0.25, 0.3) is 0 Å². The molecule has 0 spiro atoms. The number of nitrogens with zero attached hydrogens (tertiary/aromatic N) is 1. The molecule has 1 unspecified atom stereocenters. The molecular weight excluding hydrogens is 294 g/mol. The van der Waals surface area contributed by atoms with Crippen LogP contribution < -0.4 is 4.90 Å². The summed E-state index contributed by atoms with van der Waals surface area (Å²) in [6, 6.07) is 6.06. The van der Waals surface area contributed by atoms with E-state index in [4.69, 9.17) is 5.11 Å². The number of aliphatic hydroxyl groups excluding tert-OH is 2. The zero-order valence-electron chi connectivity index (χ0n) is 10.6. The molecule has 0 amide bonds. The van der Waals surface area contributed by atoms with Crippen molar-refractivity contribution in [1.29, 1.82) is 0 Å². The van der Waals surface area contributed by atoms with Crippen LogP contribution in [0.3, 0.4) is 0 Å². The minimum absolute atomic E-state index is 0.289. The normalized spacial score (nSPS) is 19.0. The van der Waals surface area contributed by atoms with Gasteiger partial charge < -0.3 is 15.1 Å². The number of hydrogen-bond acceptors (Lipinski definition) is 3. The van der Waals surface area contributed by atoms with Gasteiger partial charge in [0, 0.05) is 35.4 Å². The molecule has 3 nitrogen and oxygen atoms in total. The first-order valence-corrected chi connectivity index (χ1v) is 7.24.